The molecule has 0 fully saturated rings. The van der Waals surface area contributed by atoms with Gasteiger partial charge in [0.2, 0.25) is 0 Å². The highest BCUT2D eigenvalue weighted by Gasteiger charge is 2.19. The zero-order chi connectivity index (χ0) is 14.1. The molecule has 3 aromatic carbocycles. The van der Waals surface area contributed by atoms with Crippen molar-refractivity contribution >= 4 is 0 Å². The summed E-state index contributed by atoms with van der Waals surface area (Å²) in [6.45, 7) is 0. The van der Waals surface area contributed by atoms with Crippen LogP contribution in [0.25, 0.3) is 11.1 Å². The molecule has 0 nitrogen and oxygen atoms in total. The van der Waals surface area contributed by atoms with Crippen LogP contribution in [-0.4, -0.2) is 0 Å². The van der Waals surface area contributed by atoms with Crippen molar-refractivity contribution in [1.82, 2.24) is 0 Å². The monoisotopic (exact) mass is 265 g/mol. The minimum atomic E-state index is 1.05. The predicted molar refractivity (Wildman–Crippen MR) is 86.8 cm³/mol. The van der Waals surface area contributed by atoms with E-state index in [0.29, 0.717) is 0 Å². The Balaban J connectivity index is 1.79. The highest BCUT2D eigenvalue weighted by Crippen LogP contribution is 2.39. The van der Waals surface area contributed by atoms with Crippen molar-refractivity contribution in [3.8, 4) is 23.0 Å². The van der Waals surface area contributed by atoms with Gasteiger partial charge in [-0.3, -0.25) is 0 Å². The second-order valence-corrected chi connectivity index (χ2v) is 5.11. The van der Waals surface area contributed by atoms with Crippen LogP contribution in [0.3, 0.4) is 0 Å². The lowest BCUT2D eigenvalue weighted by molar-refractivity contribution is 1.51. The first-order valence-electron chi connectivity index (χ1n) is 7.06. The van der Waals surface area contributed by atoms with Gasteiger partial charge in [-0.15, -0.1) is 0 Å². The van der Waals surface area contributed by atoms with Gasteiger partial charge >= 0.3 is 0 Å². The highest BCUT2D eigenvalue weighted by molar-refractivity contribution is 5.83. The van der Waals surface area contributed by atoms with Crippen LogP contribution in [0.15, 0.2) is 72.8 Å². The molecule has 0 N–H and O–H groups in total. The lowest BCUT2D eigenvalue weighted by Crippen LogP contribution is -1.85. The minimum Gasteiger partial charge on any atom is -0.0622 e. The molecule has 0 atom stereocenters. The van der Waals surface area contributed by atoms with Crippen molar-refractivity contribution in [2.24, 2.45) is 0 Å². The van der Waals surface area contributed by atoms with E-state index in [9.17, 15) is 0 Å². The first-order chi connectivity index (χ1) is 10.4. The number of hydrogen-bond donors (Lipinski definition) is 0. The molecule has 0 heterocycles. The van der Waals surface area contributed by atoms with E-state index >= 15 is 0 Å². The Labute approximate surface area is 125 Å². The quantitative estimate of drug-likeness (QED) is 0.405. The average Bonchev–Trinajstić information content (AvgIpc) is 2.93. The number of benzene rings is 3. The molecule has 0 unspecified atom stereocenters. The van der Waals surface area contributed by atoms with Gasteiger partial charge in [-0.1, -0.05) is 66.4 Å². The molecule has 21 heavy (non-hydrogen) atoms. The SMILES string of the molecule is C(#Cc1cccc2c1[CH]c1ccccc1-2)c1ccccc1. The summed E-state index contributed by atoms with van der Waals surface area (Å²) in [5.74, 6) is 6.56. The van der Waals surface area contributed by atoms with Crippen LogP contribution in [0, 0.1) is 18.3 Å². The van der Waals surface area contributed by atoms with Crippen molar-refractivity contribution in [3.05, 3.63) is 101 Å². The van der Waals surface area contributed by atoms with Crippen LogP contribution in [0.4, 0.5) is 0 Å². The largest absolute Gasteiger partial charge is 0.0622 e. The molecule has 0 saturated heterocycles. The summed E-state index contributed by atoms with van der Waals surface area (Å²) in [5, 5.41) is 0. The molecule has 3 aromatic rings. The van der Waals surface area contributed by atoms with Gasteiger partial charge in [0.15, 0.2) is 0 Å². The molecule has 1 radical (unpaired) electrons. The first-order valence-corrected chi connectivity index (χ1v) is 7.06. The summed E-state index contributed by atoms with van der Waals surface area (Å²) in [6, 6.07) is 25.0. The van der Waals surface area contributed by atoms with Crippen molar-refractivity contribution in [1.29, 1.82) is 0 Å². The van der Waals surface area contributed by atoms with Crippen LogP contribution in [0.5, 0.6) is 0 Å². The van der Waals surface area contributed by atoms with Crippen molar-refractivity contribution in [2.75, 3.05) is 0 Å². The molecule has 0 bridgehead atoms. The Morgan fingerprint density at radius 3 is 2.24 bits per heavy atom. The van der Waals surface area contributed by atoms with Crippen LogP contribution in [0.2, 0.25) is 0 Å². The number of rotatable bonds is 0. The van der Waals surface area contributed by atoms with Gasteiger partial charge < -0.3 is 0 Å². The Hall–Kier alpha value is -2.78. The maximum absolute atomic E-state index is 3.31. The Bertz CT molecular complexity index is 861. The number of fused-ring (bicyclic) bond motifs is 3. The fourth-order valence-electron chi connectivity index (χ4n) is 2.75. The van der Waals surface area contributed by atoms with Gasteiger partial charge in [-0.05, 0) is 40.5 Å². The van der Waals surface area contributed by atoms with Gasteiger partial charge in [0.25, 0.3) is 0 Å². The van der Waals surface area contributed by atoms with Crippen LogP contribution in [0.1, 0.15) is 22.3 Å². The summed E-state index contributed by atoms with van der Waals surface area (Å²) in [7, 11) is 0. The van der Waals surface area contributed by atoms with Gasteiger partial charge in [-0.2, -0.15) is 0 Å². The zero-order valence-corrected chi connectivity index (χ0v) is 11.5. The van der Waals surface area contributed by atoms with Crippen LogP contribution >= 0.6 is 0 Å². The molecule has 0 saturated carbocycles. The molecule has 97 valence electrons. The third-order valence-corrected chi connectivity index (χ3v) is 3.77. The summed E-state index contributed by atoms with van der Waals surface area (Å²) < 4.78 is 0. The Morgan fingerprint density at radius 2 is 1.33 bits per heavy atom. The Morgan fingerprint density at radius 1 is 0.571 bits per heavy atom. The molecule has 0 aliphatic heterocycles. The third kappa shape index (κ3) is 2.14. The maximum Gasteiger partial charge on any atom is 0.0293 e. The van der Waals surface area contributed by atoms with E-state index in [1.807, 2.05) is 30.3 Å². The molecular weight excluding hydrogens is 252 g/mol. The van der Waals surface area contributed by atoms with Crippen LogP contribution < -0.4 is 0 Å². The summed E-state index contributed by atoms with van der Waals surface area (Å²) in [5.41, 5.74) is 7.24. The minimum absolute atomic E-state index is 1.05. The van der Waals surface area contributed by atoms with E-state index in [1.165, 1.54) is 22.3 Å². The van der Waals surface area contributed by atoms with E-state index in [2.05, 4.69) is 60.7 Å². The first kappa shape index (κ1) is 12.0. The van der Waals surface area contributed by atoms with Crippen molar-refractivity contribution in [2.45, 2.75) is 0 Å². The average molecular weight is 265 g/mol. The second kappa shape index (κ2) is 4.96. The third-order valence-electron chi connectivity index (χ3n) is 3.77. The molecule has 0 heteroatoms. The molecule has 0 aromatic heterocycles. The van der Waals surface area contributed by atoms with Gasteiger partial charge in [-0.25, -0.2) is 0 Å². The molecule has 0 amide bonds. The summed E-state index contributed by atoms with van der Waals surface area (Å²) >= 11 is 0. The summed E-state index contributed by atoms with van der Waals surface area (Å²) in [4.78, 5) is 0. The van der Waals surface area contributed by atoms with E-state index < -0.39 is 0 Å². The van der Waals surface area contributed by atoms with Gasteiger partial charge in [0.1, 0.15) is 0 Å². The van der Waals surface area contributed by atoms with Crippen molar-refractivity contribution in [3.63, 3.8) is 0 Å². The van der Waals surface area contributed by atoms with Gasteiger partial charge in [0.05, 0.1) is 0 Å². The predicted octanol–water partition coefficient (Wildman–Crippen LogP) is 4.67. The normalized spacial score (nSPS) is 11.2. The van der Waals surface area contributed by atoms with E-state index in [1.54, 1.807) is 0 Å². The molecule has 0 spiro atoms. The van der Waals surface area contributed by atoms with E-state index in [0.717, 1.165) is 11.1 Å². The van der Waals surface area contributed by atoms with E-state index in [4.69, 9.17) is 0 Å². The van der Waals surface area contributed by atoms with E-state index in [-0.39, 0.29) is 0 Å². The molecule has 4 rings (SSSR count). The highest BCUT2D eigenvalue weighted by atomic mass is 14.2. The summed E-state index contributed by atoms with van der Waals surface area (Å²) in [6.07, 6.45) is 2.24. The zero-order valence-electron chi connectivity index (χ0n) is 11.5. The molecule has 1 aliphatic rings. The number of hydrogen-bond acceptors (Lipinski definition) is 0. The standard InChI is InChI=1S/C21H13/c1-2-7-16(8-3-1)13-14-17-10-6-12-20-19-11-5-4-9-18(19)15-21(17)20/h1-12,15H. The molecular formula is C21H13. The lowest BCUT2D eigenvalue weighted by atomic mass is 10.0. The fraction of sp³-hybridized carbons (Fsp3) is 0. The smallest absolute Gasteiger partial charge is 0.0293 e. The van der Waals surface area contributed by atoms with Gasteiger partial charge in [0, 0.05) is 17.5 Å². The lowest BCUT2D eigenvalue weighted by Gasteiger charge is -2.02. The molecule has 1 aliphatic carbocycles. The maximum atomic E-state index is 3.31. The Kier molecular flexibility index (Phi) is 2.83. The van der Waals surface area contributed by atoms with Crippen molar-refractivity contribution < 1.29 is 0 Å². The second-order valence-electron chi connectivity index (χ2n) is 5.11. The van der Waals surface area contributed by atoms with Crippen LogP contribution in [-0.2, 0) is 0 Å². The fourth-order valence-corrected chi connectivity index (χ4v) is 2.75. The topological polar surface area (TPSA) is 0 Å².